The minimum Gasteiger partial charge on any atom is -0.338 e. The molecule has 1 N–H and O–H groups in total. The zero-order chi connectivity index (χ0) is 13.2. The van der Waals surface area contributed by atoms with E-state index < -0.39 is 10.0 Å². The van der Waals surface area contributed by atoms with Crippen LogP contribution in [0.5, 0.6) is 0 Å². The molecule has 0 radical (unpaired) electrons. The van der Waals surface area contributed by atoms with Crippen LogP contribution in [0.2, 0.25) is 0 Å². The summed E-state index contributed by atoms with van der Waals surface area (Å²) in [6.07, 6.45) is 0. The Bertz CT molecular complexity index is 649. The standard InChI is InChI=1S/C11H13N3O3S/c1-8-4-3-5-10(6-8)7-18(15,16)14-11-12-9(2)17-13-11/h3-6H,7H2,1-2H3,(H,13,14). The number of aryl methyl sites for hydroxylation is 2. The monoisotopic (exact) mass is 267 g/mol. The Labute approximate surface area is 105 Å². The molecule has 0 saturated carbocycles. The maximum Gasteiger partial charge on any atom is 0.277 e. The summed E-state index contributed by atoms with van der Waals surface area (Å²) in [5.74, 6) is 0.144. The van der Waals surface area contributed by atoms with Crippen molar-refractivity contribution in [3.63, 3.8) is 0 Å². The average molecular weight is 267 g/mol. The third-order valence-electron chi connectivity index (χ3n) is 2.21. The first kappa shape index (κ1) is 12.6. The summed E-state index contributed by atoms with van der Waals surface area (Å²) >= 11 is 0. The van der Waals surface area contributed by atoms with E-state index in [0.717, 1.165) is 5.56 Å². The third-order valence-corrected chi connectivity index (χ3v) is 3.42. The number of hydrogen-bond donors (Lipinski definition) is 1. The van der Waals surface area contributed by atoms with Gasteiger partial charge in [0, 0.05) is 6.92 Å². The molecule has 1 aromatic heterocycles. The van der Waals surface area contributed by atoms with Crippen LogP contribution in [-0.2, 0) is 15.8 Å². The molecule has 0 atom stereocenters. The number of benzene rings is 1. The van der Waals surface area contributed by atoms with E-state index in [1.54, 1.807) is 13.0 Å². The SMILES string of the molecule is Cc1cccc(CS(=O)(=O)Nc2noc(C)n2)c1. The van der Waals surface area contributed by atoms with Gasteiger partial charge < -0.3 is 4.52 Å². The van der Waals surface area contributed by atoms with Gasteiger partial charge in [-0.1, -0.05) is 29.8 Å². The summed E-state index contributed by atoms with van der Waals surface area (Å²) in [7, 11) is -3.53. The molecule has 0 aliphatic carbocycles. The normalized spacial score (nSPS) is 11.4. The van der Waals surface area contributed by atoms with Gasteiger partial charge in [-0.2, -0.15) is 4.98 Å². The van der Waals surface area contributed by atoms with Crippen molar-refractivity contribution >= 4 is 16.0 Å². The van der Waals surface area contributed by atoms with Gasteiger partial charge >= 0.3 is 0 Å². The van der Waals surface area contributed by atoms with Crippen LogP contribution in [0, 0.1) is 13.8 Å². The summed E-state index contributed by atoms with van der Waals surface area (Å²) in [5, 5.41) is 3.48. The number of nitrogens with one attached hydrogen (secondary N) is 1. The highest BCUT2D eigenvalue weighted by Gasteiger charge is 2.14. The van der Waals surface area contributed by atoms with Crippen LogP contribution in [0.1, 0.15) is 17.0 Å². The second kappa shape index (κ2) is 4.77. The predicted molar refractivity (Wildman–Crippen MR) is 66.5 cm³/mol. The van der Waals surface area contributed by atoms with E-state index in [1.165, 1.54) is 0 Å². The van der Waals surface area contributed by atoms with E-state index in [1.807, 2.05) is 25.1 Å². The number of nitrogens with zero attached hydrogens (tertiary/aromatic N) is 2. The average Bonchev–Trinajstić information content (AvgIpc) is 2.62. The fourth-order valence-corrected chi connectivity index (χ4v) is 2.59. The molecule has 6 nitrogen and oxygen atoms in total. The largest absolute Gasteiger partial charge is 0.338 e. The van der Waals surface area contributed by atoms with Crippen LogP contribution >= 0.6 is 0 Å². The van der Waals surface area contributed by atoms with Crippen molar-refractivity contribution in [1.82, 2.24) is 10.1 Å². The van der Waals surface area contributed by atoms with Gasteiger partial charge in [-0.05, 0) is 17.6 Å². The molecule has 96 valence electrons. The van der Waals surface area contributed by atoms with Gasteiger partial charge in [-0.15, -0.1) is 0 Å². The molecular formula is C11H13N3O3S. The summed E-state index contributed by atoms with van der Waals surface area (Å²) < 4.78 is 30.7. The fourth-order valence-electron chi connectivity index (χ4n) is 1.54. The van der Waals surface area contributed by atoms with Crippen LogP contribution in [-0.4, -0.2) is 18.6 Å². The van der Waals surface area contributed by atoms with Gasteiger partial charge in [-0.3, -0.25) is 0 Å². The summed E-state index contributed by atoms with van der Waals surface area (Å²) in [4.78, 5) is 3.79. The molecule has 2 aromatic rings. The van der Waals surface area contributed by atoms with E-state index >= 15 is 0 Å². The third kappa shape index (κ3) is 3.30. The number of hydrogen-bond acceptors (Lipinski definition) is 5. The van der Waals surface area contributed by atoms with Gasteiger partial charge in [0.05, 0.1) is 5.75 Å². The van der Waals surface area contributed by atoms with Crippen molar-refractivity contribution in [2.24, 2.45) is 0 Å². The van der Waals surface area contributed by atoms with Crippen molar-refractivity contribution in [2.75, 3.05) is 4.72 Å². The fraction of sp³-hybridized carbons (Fsp3) is 0.273. The molecule has 1 aromatic carbocycles. The predicted octanol–water partition coefficient (Wildman–Crippen LogP) is 1.63. The Hall–Kier alpha value is -1.89. The van der Waals surface area contributed by atoms with E-state index in [4.69, 9.17) is 4.52 Å². The van der Waals surface area contributed by atoms with Gasteiger partial charge in [0.1, 0.15) is 0 Å². The Kier molecular flexibility index (Phi) is 3.33. The minimum absolute atomic E-state index is 0.0415. The first-order valence-corrected chi connectivity index (χ1v) is 6.96. The van der Waals surface area contributed by atoms with E-state index in [0.29, 0.717) is 11.5 Å². The quantitative estimate of drug-likeness (QED) is 0.910. The number of sulfonamides is 1. The number of anilines is 1. The number of aromatic nitrogens is 2. The van der Waals surface area contributed by atoms with E-state index in [-0.39, 0.29) is 11.7 Å². The molecule has 0 aliphatic rings. The lowest BCUT2D eigenvalue weighted by Crippen LogP contribution is -2.16. The van der Waals surface area contributed by atoms with Gasteiger partial charge in [-0.25, -0.2) is 13.1 Å². The molecule has 1 heterocycles. The molecule has 0 spiro atoms. The minimum atomic E-state index is -3.53. The molecule has 7 heteroatoms. The maximum atomic E-state index is 11.9. The van der Waals surface area contributed by atoms with Crippen LogP contribution in [0.3, 0.4) is 0 Å². The molecule has 2 rings (SSSR count). The summed E-state index contributed by atoms with van der Waals surface area (Å²) in [5.41, 5.74) is 1.72. The van der Waals surface area contributed by atoms with E-state index in [9.17, 15) is 8.42 Å². The molecular weight excluding hydrogens is 254 g/mol. The Morgan fingerprint density at radius 1 is 1.33 bits per heavy atom. The molecule has 0 fully saturated rings. The zero-order valence-corrected chi connectivity index (χ0v) is 10.9. The van der Waals surface area contributed by atoms with Gasteiger partial charge in [0.25, 0.3) is 5.95 Å². The van der Waals surface area contributed by atoms with Crippen LogP contribution < -0.4 is 4.72 Å². The van der Waals surface area contributed by atoms with Gasteiger partial charge in [0.2, 0.25) is 15.9 Å². The topological polar surface area (TPSA) is 85.1 Å². The van der Waals surface area contributed by atoms with Crippen LogP contribution in [0.4, 0.5) is 5.95 Å². The van der Waals surface area contributed by atoms with Crippen LogP contribution in [0.15, 0.2) is 28.8 Å². The number of rotatable bonds is 4. The second-order valence-electron chi connectivity index (χ2n) is 3.99. The van der Waals surface area contributed by atoms with Crippen molar-refractivity contribution in [3.8, 4) is 0 Å². The highest BCUT2D eigenvalue weighted by atomic mass is 32.2. The van der Waals surface area contributed by atoms with Crippen molar-refractivity contribution in [3.05, 3.63) is 41.3 Å². The lowest BCUT2D eigenvalue weighted by Gasteiger charge is -2.04. The maximum absolute atomic E-state index is 11.9. The van der Waals surface area contributed by atoms with Crippen molar-refractivity contribution in [2.45, 2.75) is 19.6 Å². The van der Waals surface area contributed by atoms with Gasteiger partial charge in [0.15, 0.2) is 0 Å². The first-order chi connectivity index (χ1) is 8.44. The Balaban J connectivity index is 2.12. The van der Waals surface area contributed by atoms with Crippen molar-refractivity contribution in [1.29, 1.82) is 0 Å². The van der Waals surface area contributed by atoms with Crippen molar-refractivity contribution < 1.29 is 12.9 Å². The molecule has 0 saturated heterocycles. The molecule has 0 unspecified atom stereocenters. The zero-order valence-electron chi connectivity index (χ0n) is 10.0. The molecule has 0 aliphatic heterocycles. The van der Waals surface area contributed by atoms with E-state index in [2.05, 4.69) is 14.9 Å². The Morgan fingerprint density at radius 2 is 2.11 bits per heavy atom. The molecule has 0 amide bonds. The highest BCUT2D eigenvalue weighted by molar-refractivity contribution is 7.91. The molecule has 0 bridgehead atoms. The summed E-state index contributed by atoms with van der Waals surface area (Å²) in [6, 6.07) is 7.30. The second-order valence-corrected chi connectivity index (χ2v) is 5.71. The summed E-state index contributed by atoms with van der Waals surface area (Å²) in [6.45, 7) is 3.50. The smallest absolute Gasteiger partial charge is 0.277 e. The first-order valence-electron chi connectivity index (χ1n) is 5.31. The lowest BCUT2D eigenvalue weighted by atomic mass is 10.2. The lowest BCUT2D eigenvalue weighted by molar-refractivity contribution is 0.395. The highest BCUT2D eigenvalue weighted by Crippen LogP contribution is 2.11. The van der Waals surface area contributed by atoms with Crippen LogP contribution in [0.25, 0.3) is 0 Å². The molecule has 18 heavy (non-hydrogen) atoms. The Morgan fingerprint density at radius 3 is 2.72 bits per heavy atom.